The van der Waals surface area contributed by atoms with Crippen molar-refractivity contribution in [2.75, 3.05) is 0 Å². The van der Waals surface area contributed by atoms with E-state index in [1.165, 1.54) is 0 Å². The van der Waals surface area contributed by atoms with Crippen molar-refractivity contribution >= 4 is 23.5 Å². The van der Waals surface area contributed by atoms with Crippen molar-refractivity contribution in [3.63, 3.8) is 0 Å². The SMILES string of the molecule is CC(Cc1ccccc1Cl)C(=O)NC1CC(C(=O)O)C1. The first-order valence-corrected chi connectivity index (χ1v) is 7.11. The van der Waals surface area contributed by atoms with E-state index in [1.807, 2.05) is 31.2 Å². The fourth-order valence-electron chi connectivity index (χ4n) is 2.37. The predicted molar refractivity (Wildman–Crippen MR) is 76.6 cm³/mol. The monoisotopic (exact) mass is 295 g/mol. The Hall–Kier alpha value is -1.55. The highest BCUT2D eigenvalue weighted by Crippen LogP contribution is 2.28. The van der Waals surface area contributed by atoms with Crippen LogP contribution in [0.15, 0.2) is 24.3 Å². The average Bonchev–Trinajstić information content (AvgIpc) is 2.35. The Kier molecular flexibility index (Phi) is 4.65. The van der Waals surface area contributed by atoms with Gasteiger partial charge in [-0.3, -0.25) is 9.59 Å². The van der Waals surface area contributed by atoms with Crippen molar-refractivity contribution < 1.29 is 14.7 Å². The van der Waals surface area contributed by atoms with Gasteiger partial charge in [0.2, 0.25) is 5.91 Å². The molecule has 108 valence electrons. The van der Waals surface area contributed by atoms with E-state index in [4.69, 9.17) is 16.7 Å². The molecule has 1 unspecified atom stereocenters. The third kappa shape index (κ3) is 3.51. The number of carboxylic acids is 1. The number of amides is 1. The predicted octanol–water partition coefficient (Wildman–Crippen LogP) is 2.50. The molecule has 4 nitrogen and oxygen atoms in total. The highest BCUT2D eigenvalue weighted by Gasteiger charge is 2.35. The van der Waals surface area contributed by atoms with Crippen molar-refractivity contribution in [3.8, 4) is 0 Å². The molecule has 2 N–H and O–H groups in total. The molecule has 1 saturated carbocycles. The molecule has 0 bridgehead atoms. The van der Waals surface area contributed by atoms with Gasteiger partial charge in [-0.25, -0.2) is 0 Å². The van der Waals surface area contributed by atoms with Gasteiger partial charge in [-0.05, 0) is 30.9 Å². The molecular formula is C15H18ClNO3. The first kappa shape index (κ1) is 14.9. The number of carbonyl (C=O) groups is 2. The van der Waals surface area contributed by atoms with E-state index in [9.17, 15) is 9.59 Å². The maximum absolute atomic E-state index is 12.0. The van der Waals surface area contributed by atoms with Gasteiger partial charge in [0.05, 0.1) is 5.92 Å². The van der Waals surface area contributed by atoms with Crippen LogP contribution in [0.25, 0.3) is 0 Å². The van der Waals surface area contributed by atoms with Gasteiger partial charge in [-0.1, -0.05) is 36.7 Å². The van der Waals surface area contributed by atoms with E-state index in [2.05, 4.69) is 5.32 Å². The van der Waals surface area contributed by atoms with E-state index in [0.717, 1.165) is 5.56 Å². The van der Waals surface area contributed by atoms with E-state index in [-0.39, 0.29) is 23.8 Å². The summed E-state index contributed by atoms with van der Waals surface area (Å²) in [5.74, 6) is -1.31. The average molecular weight is 296 g/mol. The molecule has 1 aliphatic carbocycles. The molecule has 5 heteroatoms. The third-order valence-corrected chi connectivity index (χ3v) is 4.13. The molecule has 0 aromatic heterocycles. The van der Waals surface area contributed by atoms with Gasteiger partial charge < -0.3 is 10.4 Å². The molecule has 1 fully saturated rings. The number of carboxylic acid groups (broad SMARTS) is 1. The van der Waals surface area contributed by atoms with Gasteiger partial charge in [-0.2, -0.15) is 0 Å². The Morgan fingerprint density at radius 2 is 2.05 bits per heavy atom. The number of carbonyl (C=O) groups excluding carboxylic acids is 1. The first-order chi connectivity index (χ1) is 9.47. The normalized spacial score (nSPS) is 22.7. The number of benzene rings is 1. The minimum absolute atomic E-state index is 0.00250. The number of hydrogen-bond donors (Lipinski definition) is 2. The van der Waals surface area contributed by atoms with Crippen molar-refractivity contribution in [2.24, 2.45) is 11.8 Å². The highest BCUT2D eigenvalue weighted by molar-refractivity contribution is 6.31. The van der Waals surface area contributed by atoms with Gasteiger partial charge >= 0.3 is 5.97 Å². The standard InChI is InChI=1S/C15H18ClNO3/c1-9(6-10-4-2-3-5-13(10)16)14(18)17-12-7-11(8-12)15(19)20/h2-5,9,11-12H,6-8H2,1H3,(H,17,18)(H,19,20). The second-order valence-electron chi connectivity index (χ2n) is 5.41. The number of nitrogens with one attached hydrogen (secondary N) is 1. The van der Waals surface area contributed by atoms with E-state index in [1.54, 1.807) is 0 Å². The Balaban J connectivity index is 1.81. The molecule has 1 aromatic carbocycles. The summed E-state index contributed by atoms with van der Waals surface area (Å²) in [6.07, 6.45) is 1.64. The second-order valence-corrected chi connectivity index (χ2v) is 5.82. The van der Waals surface area contributed by atoms with Gasteiger partial charge in [0.1, 0.15) is 0 Å². The van der Waals surface area contributed by atoms with Crippen molar-refractivity contribution in [2.45, 2.75) is 32.2 Å². The lowest BCUT2D eigenvalue weighted by atomic mass is 9.80. The summed E-state index contributed by atoms with van der Waals surface area (Å²) in [4.78, 5) is 22.7. The topological polar surface area (TPSA) is 66.4 Å². The molecule has 0 spiro atoms. The zero-order valence-corrected chi connectivity index (χ0v) is 12.1. The molecule has 1 atom stereocenters. The van der Waals surface area contributed by atoms with Gasteiger partial charge in [-0.15, -0.1) is 0 Å². The molecule has 0 aliphatic heterocycles. The molecule has 20 heavy (non-hydrogen) atoms. The summed E-state index contributed by atoms with van der Waals surface area (Å²) in [5, 5.41) is 12.4. The minimum Gasteiger partial charge on any atom is -0.481 e. The lowest BCUT2D eigenvalue weighted by molar-refractivity contribution is -0.146. The number of halogens is 1. The molecule has 0 heterocycles. The van der Waals surface area contributed by atoms with Crippen LogP contribution in [0.2, 0.25) is 5.02 Å². The number of hydrogen-bond acceptors (Lipinski definition) is 2. The molecule has 0 saturated heterocycles. The molecule has 1 aromatic rings. The fraction of sp³-hybridized carbons (Fsp3) is 0.467. The summed E-state index contributed by atoms with van der Waals surface area (Å²) >= 11 is 6.07. The number of aliphatic carboxylic acids is 1. The van der Waals surface area contributed by atoms with Crippen molar-refractivity contribution in [3.05, 3.63) is 34.9 Å². The molecular weight excluding hydrogens is 278 g/mol. The fourth-order valence-corrected chi connectivity index (χ4v) is 2.58. The van der Waals surface area contributed by atoms with Crippen LogP contribution in [0, 0.1) is 11.8 Å². The quantitative estimate of drug-likeness (QED) is 0.877. The first-order valence-electron chi connectivity index (χ1n) is 6.74. The zero-order chi connectivity index (χ0) is 14.7. The second kappa shape index (κ2) is 6.27. The maximum Gasteiger partial charge on any atom is 0.306 e. The summed E-state index contributed by atoms with van der Waals surface area (Å²) < 4.78 is 0. The zero-order valence-electron chi connectivity index (χ0n) is 11.3. The van der Waals surface area contributed by atoms with Crippen LogP contribution in [0.1, 0.15) is 25.3 Å². The summed E-state index contributed by atoms with van der Waals surface area (Å²) in [6, 6.07) is 7.48. The van der Waals surface area contributed by atoms with E-state index >= 15 is 0 Å². The highest BCUT2D eigenvalue weighted by atomic mass is 35.5. The van der Waals surface area contributed by atoms with Crippen molar-refractivity contribution in [1.29, 1.82) is 0 Å². The molecule has 2 rings (SSSR count). The van der Waals surface area contributed by atoms with Crippen LogP contribution in [-0.2, 0) is 16.0 Å². The molecule has 0 radical (unpaired) electrons. The Bertz CT molecular complexity index is 512. The molecule has 1 aliphatic rings. The lowest BCUT2D eigenvalue weighted by Gasteiger charge is -2.33. The third-order valence-electron chi connectivity index (χ3n) is 3.77. The van der Waals surface area contributed by atoms with E-state index in [0.29, 0.717) is 24.3 Å². The smallest absolute Gasteiger partial charge is 0.306 e. The maximum atomic E-state index is 12.0. The van der Waals surface area contributed by atoms with Crippen molar-refractivity contribution in [1.82, 2.24) is 5.32 Å². The van der Waals surface area contributed by atoms with Gasteiger partial charge in [0, 0.05) is 17.0 Å². The van der Waals surface area contributed by atoms with Crippen LogP contribution >= 0.6 is 11.6 Å². The van der Waals surface area contributed by atoms with Crippen LogP contribution < -0.4 is 5.32 Å². The van der Waals surface area contributed by atoms with Crippen LogP contribution in [0.3, 0.4) is 0 Å². The van der Waals surface area contributed by atoms with E-state index < -0.39 is 5.97 Å². The summed E-state index contributed by atoms with van der Waals surface area (Å²) in [7, 11) is 0. The summed E-state index contributed by atoms with van der Waals surface area (Å²) in [6.45, 7) is 1.85. The Morgan fingerprint density at radius 1 is 1.40 bits per heavy atom. The number of rotatable bonds is 5. The summed E-state index contributed by atoms with van der Waals surface area (Å²) in [5.41, 5.74) is 0.953. The van der Waals surface area contributed by atoms with Crippen LogP contribution in [-0.4, -0.2) is 23.0 Å². The van der Waals surface area contributed by atoms with Crippen LogP contribution in [0.5, 0.6) is 0 Å². The van der Waals surface area contributed by atoms with Crippen LogP contribution in [0.4, 0.5) is 0 Å². The lowest BCUT2D eigenvalue weighted by Crippen LogP contribution is -2.48. The van der Waals surface area contributed by atoms with Gasteiger partial charge in [0.15, 0.2) is 0 Å². The largest absolute Gasteiger partial charge is 0.481 e. The Labute approximate surface area is 123 Å². The van der Waals surface area contributed by atoms with Gasteiger partial charge in [0.25, 0.3) is 0 Å². The molecule has 1 amide bonds. The minimum atomic E-state index is -0.778. The Morgan fingerprint density at radius 3 is 2.65 bits per heavy atom.